The van der Waals surface area contributed by atoms with Crippen LogP contribution < -0.4 is 0 Å². The molecule has 8 aromatic carbocycles. The lowest BCUT2D eigenvalue weighted by Crippen LogP contribution is -2.15. The van der Waals surface area contributed by atoms with Gasteiger partial charge in [-0.05, 0) is 109 Å². The Hall–Kier alpha value is -6.44. The van der Waals surface area contributed by atoms with E-state index in [0.29, 0.717) is 0 Å². The third kappa shape index (κ3) is 4.50. The topological polar surface area (TPSA) is 4.93 Å². The van der Waals surface area contributed by atoms with E-state index in [1.165, 1.54) is 105 Å². The van der Waals surface area contributed by atoms with Crippen LogP contribution in [0.2, 0.25) is 0 Å². The lowest BCUT2D eigenvalue weighted by atomic mass is 9.82. The highest BCUT2D eigenvalue weighted by Gasteiger charge is 2.35. The van der Waals surface area contributed by atoms with Crippen LogP contribution in [0.4, 0.5) is 0 Å². The van der Waals surface area contributed by atoms with Gasteiger partial charge in [-0.15, -0.1) is 0 Å². The van der Waals surface area contributed by atoms with Crippen LogP contribution in [0.15, 0.2) is 170 Å². The van der Waals surface area contributed by atoms with E-state index in [2.05, 4.69) is 194 Å². The molecular weight excluding hydrogens is 639 g/mol. The highest BCUT2D eigenvalue weighted by atomic mass is 15.0. The van der Waals surface area contributed by atoms with E-state index in [0.717, 1.165) is 6.42 Å². The lowest BCUT2D eigenvalue weighted by Gasteiger charge is -2.22. The standard InChI is InChI=1S/C52H37N/c1-52(2)48-20-8-7-18-44(48)45-27-25-40(32-49(45)52)53-50-28-24-38(31-47(50)46-26-23-34-12-4-6-17-43(34)51(46)53)36-21-22-37-30-39(15-9-14-35(37)29-36)42-19-10-13-33-11-3-5-16-41(33)42/h3-29,31-32H,30H2,1-2H3. The van der Waals surface area contributed by atoms with Crippen LogP contribution in [-0.2, 0) is 11.8 Å². The first-order valence-electron chi connectivity index (χ1n) is 18.7. The summed E-state index contributed by atoms with van der Waals surface area (Å²) in [6.45, 7) is 4.73. The summed E-state index contributed by atoms with van der Waals surface area (Å²) in [6, 6.07) is 58.9. The molecule has 1 nitrogen and oxygen atoms in total. The molecule has 0 amide bonds. The third-order valence-electron chi connectivity index (χ3n) is 12.0. The fourth-order valence-electron chi connectivity index (χ4n) is 9.37. The average molecular weight is 676 g/mol. The van der Waals surface area contributed by atoms with Gasteiger partial charge in [0.05, 0.1) is 11.0 Å². The number of aromatic nitrogens is 1. The average Bonchev–Trinajstić information content (AvgIpc) is 3.54. The first kappa shape index (κ1) is 30.2. The third-order valence-corrected chi connectivity index (χ3v) is 12.0. The smallest absolute Gasteiger partial charge is 0.0619 e. The fourth-order valence-corrected chi connectivity index (χ4v) is 9.37. The van der Waals surface area contributed by atoms with Crippen molar-refractivity contribution in [3.8, 4) is 27.9 Å². The molecule has 0 bridgehead atoms. The highest BCUT2D eigenvalue weighted by molar-refractivity contribution is 6.19. The number of fused-ring (bicyclic) bond motifs is 10. The molecule has 1 heterocycles. The molecule has 0 unspecified atom stereocenters. The van der Waals surface area contributed by atoms with E-state index >= 15 is 0 Å². The van der Waals surface area contributed by atoms with Gasteiger partial charge in [0, 0.05) is 27.3 Å². The number of benzene rings is 8. The Morgan fingerprint density at radius 3 is 2.13 bits per heavy atom. The Bertz CT molecular complexity index is 3050. The van der Waals surface area contributed by atoms with Crippen LogP contribution >= 0.6 is 0 Å². The second-order valence-corrected chi connectivity index (χ2v) is 15.3. The second-order valence-electron chi connectivity index (χ2n) is 15.3. The summed E-state index contributed by atoms with van der Waals surface area (Å²) in [7, 11) is 0. The predicted molar refractivity (Wildman–Crippen MR) is 226 cm³/mol. The number of hydrogen-bond acceptors (Lipinski definition) is 0. The Balaban J connectivity index is 1.04. The summed E-state index contributed by atoms with van der Waals surface area (Å²) in [5.41, 5.74) is 16.9. The Morgan fingerprint density at radius 1 is 0.509 bits per heavy atom. The molecule has 0 fully saturated rings. The molecule has 0 radical (unpaired) electrons. The molecule has 0 atom stereocenters. The molecule has 0 saturated carbocycles. The van der Waals surface area contributed by atoms with Crippen molar-refractivity contribution < 1.29 is 0 Å². The maximum absolute atomic E-state index is 2.51. The summed E-state index contributed by atoms with van der Waals surface area (Å²) in [4.78, 5) is 0. The van der Waals surface area contributed by atoms with Gasteiger partial charge in [0.15, 0.2) is 0 Å². The predicted octanol–water partition coefficient (Wildman–Crippen LogP) is 13.7. The zero-order valence-electron chi connectivity index (χ0n) is 29.9. The molecule has 0 aliphatic heterocycles. The van der Waals surface area contributed by atoms with Crippen LogP contribution in [0.3, 0.4) is 0 Å². The van der Waals surface area contributed by atoms with E-state index in [4.69, 9.17) is 0 Å². The van der Waals surface area contributed by atoms with Crippen molar-refractivity contribution in [2.24, 2.45) is 0 Å². The summed E-state index contributed by atoms with van der Waals surface area (Å²) in [5.74, 6) is 0. The van der Waals surface area contributed by atoms with E-state index in [1.54, 1.807) is 0 Å². The summed E-state index contributed by atoms with van der Waals surface area (Å²) in [5, 5.41) is 7.68. The SMILES string of the molecule is CC1(C)c2ccccc2-c2ccc(-n3c4ccc(-c5ccc6c(c5)C=CC=C(c5cccc7ccccc57)C6)cc4c4ccc5ccccc5c43)cc21. The molecule has 1 aromatic heterocycles. The summed E-state index contributed by atoms with van der Waals surface area (Å²) >= 11 is 0. The fraction of sp³-hybridized carbons (Fsp3) is 0.0769. The molecule has 0 N–H and O–H groups in total. The molecule has 0 saturated heterocycles. The molecule has 1 heteroatoms. The largest absolute Gasteiger partial charge is 0.309 e. The highest BCUT2D eigenvalue weighted by Crippen LogP contribution is 2.50. The van der Waals surface area contributed by atoms with Crippen molar-refractivity contribution in [1.29, 1.82) is 0 Å². The van der Waals surface area contributed by atoms with Crippen LogP contribution in [0, 0.1) is 0 Å². The number of rotatable bonds is 3. The van der Waals surface area contributed by atoms with E-state index in [-0.39, 0.29) is 5.41 Å². The molecule has 2 aliphatic rings. The van der Waals surface area contributed by atoms with Crippen LogP contribution in [0.1, 0.15) is 41.7 Å². The van der Waals surface area contributed by atoms with Gasteiger partial charge in [-0.2, -0.15) is 0 Å². The summed E-state index contributed by atoms with van der Waals surface area (Å²) < 4.78 is 2.51. The molecule has 53 heavy (non-hydrogen) atoms. The molecule has 2 aliphatic carbocycles. The number of nitrogens with zero attached hydrogens (tertiary/aromatic N) is 1. The minimum Gasteiger partial charge on any atom is -0.309 e. The Morgan fingerprint density at radius 2 is 1.23 bits per heavy atom. The Kier molecular flexibility index (Phi) is 6.43. The minimum atomic E-state index is -0.0686. The Labute approximate surface area is 309 Å². The quantitative estimate of drug-likeness (QED) is 0.176. The van der Waals surface area contributed by atoms with Gasteiger partial charge in [-0.25, -0.2) is 0 Å². The maximum Gasteiger partial charge on any atom is 0.0619 e. The molecule has 11 rings (SSSR count). The van der Waals surface area contributed by atoms with E-state index < -0.39 is 0 Å². The van der Waals surface area contributed by atoms with Gasteiger partial charge in [-0.3, -0.25) is 0 Å². The number of hydrogen-bond donors (Lipinski definition) is 0. The van der Waals surface area contributed by atoms with Crippen LogP contribution in [0.5, 0.6) is 0 Å². The van der Waals surface area contributed by atoms with E-state index in [9.17, 15) is 0 Å². The van der Waals surface area contributed by atoms with Gasteiger partial charge < -0.3 is 4.57 Å². The van der Waals surface area contributed by atoms with Crippen molar-refractivity contribution in [3.05, 3.63) is 198 Å². The van der Waals surface area contributed by atoms with Gasteiger partial charge in [0.25, 0.3) is 0 Å². The van der Waals surface area contributed by atoms with Gasteiger partial charge in [-0.1, -0.05) is 159 Å². The van der Waals surface area contributed by atoms with Crippen molar-refractivity contribution >= 4 is 55.0 Å². The van der Waals surface area contributed by atoms with Crippen LogP contribution in [-0.4, -0.2) is 4.57 Å². The number of allylic oxidation sites excluding steroid dienone is 3. The maximum atomic E-state index is 2.51. The minimum absolute atomic E-state index is 0.0686. The van der Waals surface area contributed by atoms with Gasteiger partial charge in [0.1, 0.15) is 0 Å². The first-order valence-corrected chi connectivity index (χ1v) is 18.7. The zero-order chi connectivity index (χ0) is 35.3. The molecule has 250 valence electrons. The normalized spacial score (nSPS) is 14.3. The lowest BCUT2D eigenvalue weighted by molar-refractivity contribution is 0.660. The molecule has 0 spiro atoms. The second kappa shape index (κ2) is 11.3. The van der Waals surface area contributed by atoms with Gasteiger partial charge >= 0.3 is 0 Å². The summed E-state index contributed by atoms with van der Waals surface area (Å²) in [6.07, 6.45) is 7.70. The van der Waals surface area contributed by atoms with Gasteiger partial charge in [0.2, 0.25) is 0 Å². The van der Waals surface area contributed by atoms with Crippen molar-refractivity contribution in [2.45, 2.75) is 25.7 Å². The monoisotopic (exact) mass is 675 g/mol. The van der Waals surface area contributed by atoms with Crippen LogP contribution in [0.25, 0.3) is 82.9 Å². The molecule has 9 aromatic rings. The first-order chi connectivity index (χ1) is 26.0. The molecular formula is C52H37N. The van der Waals surface area contributed by atoms with Crippen molar-refractivity contribution in [1.82, 2.24) is 4.57 Å². The van der Waals surface area contributed by atoms with E-state index in [1.807, 2.05) is 0 Å². The zero-order valence-corrected chi connectivity index (χ0v) is 29.9. The van der Waals surface area contributed by atoms with Crippen molar-refractivity contribution in [3.63, 3.8) is 0 Å². The van der Waals surface area contributed by atoms with Crippen molar-refractivity contribution in [2.75, 3.05) is 0 Å².